The molecular weight excluding hydrogens is 368 g/mol. The van der Waals surface area contributed by atoms with Gasteiger partial charge in [0.2, 0.25) is 0 Å². The average Bonchev–Trinajstić information content (AvgIpc) is 3.09. The van der Waals surface area contributed by atoms with Crippen LogP contribution in [0.1, 0.15) is 29.1 Å². The van der Waals surface area contributed by atoms with Crippen LogP contribution in [0.2, 0.25) is 0 Å². The van der Waals surface area contributed by atoms with Crippen LogP contribution in [0.4, 0.5) is 0 Å². The Balaban J connectivity index is 1.59. The number of rotatable bonds is 4. The van der Waals surface area contributed by atoms with Crippen molar-refractivity contribution in [1.82, 2.24) is 9.55 Å². The monoisotopic (exact) mass is 388 g/mol. The van der Waals surface area contributed by atoms with Crippen molar-refractivity contribution in [2.75, 3.05) is 6.61 Å². The molecule has 0 aliphatic carbocycles. The van der Waals surface area contributed by atoms with Gasteiger partial charge in [0.1, 0.15) is 18.8 Å². The Morgan fingerprint density at radius 3 is 2.75 bits per heavy atom. The predicted octanol–water partition coefficient (Wildman–Crippen LogP) is 0.118. The van der Waals surface area contributed by atoms with Gasteiger partial charge in [-0.1, -0.05) is 18.2 Å². The van der Waals surface area contributed by atoms with Crippen LogP contribution in [0.25, 0.3) is 0 Å². The maximum absolute atomic E-state index is 12.3. The van der Waals surface area contributed by atoms with Crippen LogP contribution in [0, 0.1) is 6.92 Å². The van der Waals surface area contributed by atoms with Gasteiger partial charge in [-0.05, 0) is 26.0 Å². The third kappa shape index (κ3) is 2.79. The Hall–Kier alpha value is -2.75. The molecule has 2 saturated heterocycles. The fourth-order valence-electron chi connectivity index (χ4n) is 3.69. The molecule has 2 bridgehead atoms. The summed E-state index contributed by atoms with van der Waals surface area (Å²) < 4.78 is 18.4. The second-order valence-electron chi connectivity index (χ2n) is 7.07. The second kappa shape index (κ2) is 6.69. The molecule has 9 heteroatoms. The van der Waals surface area contributed by atoms with E-state index in [1.165, 1.54) is 10.8 Å². The molecule has 1 aromatic heterocycles. The van der Waals surface area contributed by atoms with Crippen LogP contribution < -0.4 is 11.2 Å². The number of aromatic nitrogens is 2. The molecule has 1 aromatic carbocycles. The number of hydrogen-bond donors (Lipinski definition) is 2. The Morgan fingerprint density at radius 2 is 2.04 bits per heavy atom. The first-order valence-corrected chi connectivity index (χ1v) is 8.89. The summed E-state index contributed by atoms with van der Waals surface area (Å²) in [5.74, 6) is -0.554. The van der Waals surface area contributed by atoms with Crippen molar-refractivity contribution in [3.8, 4) is 0 Å². The molecule has 9 nitrogen and oxygen atoms in total. The lowest BCUT2D eigenvalue weighted by Gasteiger charge is -2.35. The van der Waals surface area contributed by atoms with E-state index in [2.05, 4.69) is 4.98 Å². The molecule has 2 N–H and O–H groups in total. The molecule has 0 radical (unpaired) electrons. The molecular formula is C19H20N2O7. The van der Waals surface area contributed by atoms with Crippen molar-refractivity contribution in [3.63, 3.8) is 0 Å². The van der Waals surface area contributed by atoms with Gasteiger partial charge in [-0.15, -0.1) is 0 Å². The molecule has 2 aliphatic heterocycles. The highest BCUT2D eigenvalue weighted by molar-refractivity contribution is 5.89. The van der Waals surface area contributed by atoms with Gasteiger partial charge < -0.3 is 19.3 Å². The quantitative estimate of drug-likeness (QED) is 0.714. The van der Waals surface area contributed by atoms with Gasteiger partial charge in [0.05, 0.1) is 11.7 Å². The fraction of sp³-hybridized carbons (Fsp3) is 0.421. The highest BCUT2D eigenvalue weighted by Gasteiger charge is 2.66. The summed E-state index contributed by atoms with van der Waals surface area (Å²) >= 11 is 0. The van der Waals surface area contributed by atoms with E-state index in [0.29, 0.717) is 11.1 Å². The van der Waals surface area contributed by atoms with Gasteiger partial charge in [0.25, 0.3) is 5.56 Å². The normalized spacial score (nSPS) is 31.1. The number of aliphatic hydroxyl groups is 1. The molecule has 148 valence electrons. The zero-order valence-corrected chi connectivity index (χ0v) is 15.3. The van der Waals surface area contributed by atoms with E-state index in [-0.39, 0.29) is 6.61 Å². The molecule has 0 saturated carbocycles. The minimum atomic E-state index is -1.32. The minimum absolute atomic E-state index is 0.243. The van der Waals surface area contributed by atoms with Crippen LogP contribution in [-0.2, 0) is 14.2 Å². The van der Waals surface area contributed by atoms with Gasteiger partial charge >= 0.3 is 11.7 Å². The van der Waals surface area contributed by atoms with Gasteiger partial charge in [0.15, 0.2) is 11.8 Å². The standard InChI is InChI=1S/C19H20N2O7/c1-10-8-21(18(25)20-15(10)23)16-13-14(22)19(28-16,11(2)27-13)9-26-17(24)12-6-4-3-5-7-12/h3-8,11,13-14,16,22H,9H2,1-2H3,(H,20,23,25)/t11-,13+,14-,16+,19-/m0/s1. The highest BCUT2D eigenvalue weighted by Crippen LogP contribution is 2.48. The summed E-state index contributed by atoms with van der Waals surface area (Å²) in [7, 11) is 0. The van der Waals surface area contributed by atoms with E-state index in [1.807, 2.05) is 0 Å². The van der Waals surface area contributed by atoms with E-state index in [9.17, 15) is 19.5 Å². The number of H-pyrrole nitrogens is 1. The number of benzene rings is 1. The number of aliphatic hydroxyl groups excluding tert-OH is 1. The summed E-state index contributed by atoms with van der Waals surface area (Å²) in [6, 6.07) is 8.46. The highest BCUT2D eigenvalue weighted by atomic mass is 16.7. The van der Waals surface area contributed by atoms with Crippen molar-refractivity contribution in [1.29, 1.82) is 0 Å². The topological polar surface area (TPSA) is 120 Å². The zero-order valence-electron chi connectivity index (χ0n) is 15.3. The summed E-state index contributed by atoms with van der Waals surface area (Å²) in [5.41, 5.74) is -1.79. The maximum Gasteiger partial charge on any atom is 0.338 e. The van der Waals surface area contributed by atoms with Gasteiger partial charge in [0, 0.05) is 11.8 Å². The molecule has 2 aliphatic rings. The van der Waals surface area contributed by atoms with Crippen LogP contribution >= 0.6 is 0 Å². The largest absolute Gasteiger partial charge is 0.459 e. The van der Waals surface area contributed by atoms with Crippen LogP contribution in [0.15, 0.2) is 46.1 Å². The Kier molecular flexibility index (Phi) is 4.45. The van der Waals surface area contributed by atoms with Crippen LogP contribution in [0.5, 0.6) is 0 Å². The van der Waals surface area contributed by atoms with E-state index in [4.69, 9.17) is 14.2 Å². The first-order valence-electron chi connectivity index (χ1n) is 8.89. The number of esters is 1. The lowest BCUT2D eigenvalue weighted by Crippen LogP contribution is -2.51. The van der Waals surface area contributed by atoms with E-state index < -0.39 is 47.4 Å². The molecule has 2 aromatic rings. The molecule has 0 amide bonds. The fourth-order valence-corrected chi connectivity index (χ4v) is 3.69. The number of hydrogen-bond acceptors (Lipinski definition) is 7. The number of aryl methyl sites for hydroxylation is 1. The Labute approximate surface area is 159 Å². The Morgan fingerprint density at radius 1 is 1.32 bits per heavy atom. The van der Waals surface area contributed by atoms with Crippen LogP contribution in [-0.4, -0.2) is 51.1 Å². The lowest BCUT2D eigenvalue weighted by molar-refractivity contribution is -0.218. The number of nitrogens with one attached hydrogen (secondary N) is 1. The van der Waals surface area contributed by atoms with E-state index in [0.717, 1.165) is 0 Å². The van der Waals surface area contributed by atoms with Crippen molar-refractivity contribution < 1.29 is 24.1 Å². The summed E-state index contributed by atoms with van der Waals surface area (Å²) in [5, 5.41) is 10.8. The molecule has 5 atom stereocenters. The first kappa shape index (κ1) is 18.6. The summed E-state index contributed by atoms with van der Waals surface area (Å²) in [6.07, 6.45) is -2.11. The Bertz CT molecular complexity index is 1010. The predicted molar refractivity (Wildman–Crippen MR) is 96.0 cm³/mol. The SMILES string of the molecule is Cc1cn([C@@H]2O[C@@]3(COC(=O)c4ccccc4)[C@H](C)O[C@@H]2[C@@H]3O)c(=O)[nH]c1=O. The maximum atomic E-state index is 12.3. The number of nitrogens with zero attached hydrogens (tertiary/aromatic N) is 1. The third-order valence-corrected chi connectivity index (χ3v) is 5.34. The van der Waals surface area contributed by atoms with Crippen molar-refractivity contribution >= 4 is 5.97 Å². The molecule has 4 rings (SSSR count). The number of carbonyl (C=O) groups excluding carboxylic acids is 1. The lowest BCUT2D eigenvalue weighted by atomic mass is 9.94. The average molecular weight is 388 g/mol. The smallest absolute Gasteiger partial charge is 0.338 e. The van der Waals surface area contributed by atoms with Crippen molar-refractivity contribution in [2.45, 2.75) is 44.0 Å². The summed E-state index contributed by atoms with van der Waals surface area (Å²) in [6.45, 7) is 3.02. The molecule has 28 heavy (non-hydrogen) atoms. The second-order valence-corrected chi connectivity index (χ2v) is 7.07. The number of aromatic amines is 1. The number of ether oxygens (including phenoxy) is 3. The van der Waals surface area contributed by atoms with Gasteiger partial charge in [-0.25, -0.2) is 9.59 Å². The van der Waals surface area contributed by atoms with Crippen LogP contribution in [0.3, 0.4) is 0 Å². The van der Waals surface area contributed by atoms with Gasteiger partial charge in [-0.2, -0.15) is 0 Å². The van der Waals surface area contributed by atoms with E-state index >= 15 is 0 Å². The number of carbonyl (C=O) groups is 1. The van der Waals surface area contributed by atoms with Gasteiger partial charge in [-0.3, -0.25) is 14.3 Å². The zero-order chi connectivity index (χ0) is 20.1. The van der Waals surface area contributed by atoms with Crippen molar-refractivity contribution in [2.24, 2.45) is 0 Å². The molecule has 0 spiro atoms. The molecule has 3 heterocycles. The van der Waals surface area contributed by atoms with E-state index in [1.54, 1.807) is 44.2 Å². The molecule has 0 unspecified atom stereocenters. The third-order valence-electron chi connectivity index (χ3n) is 5.34. The first-order chi connectivity index (χ1) is 13.3. The number of fused-ring (bicyclic) bond motifs is 2. The summed E-state index contributed by atoms with van der Waals surface area (Å²) in [4.78, 5) is 38.3. The molecule has 2 fully saturated rings. The van der Waals surface area contributed by atoms with Crippen molar-refractivity contribution in [3.05, 3.63) is 68.5 Å². The minimum Gasteiger partial charge on any atom is -0.459 e.